The maximum atomic E-state index is 11.3. The van der Waals surface area contributed by atoms with Crippen molar-refractivity contribution in [2.24, 2.45) is 7.05 Å². The van der Waals surface area contributed by atoms with Gasteiger partial charge in [-0.1, -0.05) is 35.9 Å². The summed E-state index contributed by atoms with van der Waals surface area (Å²) in [6.45, 7) is 10.1. The van der Waals surface area contributed by atoms with E-state index in [-0.39, 0.29) is 5.15 Å². The summed E-state index contributed by atoms with van der Waals surface area (Å²) >= 11 is 4.33. The van der Waals surface area contributed by atoms with Gasteiger partial charge < -0.3 is 4.74 Å². The number of esters is 1. The molecule has 0 saturated heterocycles. The second-order valence-electron chi connectivity index (χ2n) is 6.68. The molecule has 0 spiro atoms. The Bertz CT molecular complexity index is 1030. The van der Waals surface area contributed by atoms with Crippen molar-refractivity contribution in [3.8, 4) is 0 Å². The Balaban J connectivity index is 0.000000245. The third kappa shape index (κ3) is 8.18. The predicted octanol–water partition coefficient (Wildman–Crippen LogP) is 4.92. The van der Waals surface area contributed by atoms with Crippen LogP contribution in [0.3, 0.4) is 0 Å². The lowest BCUT2D eigenvalue weighted by atomic mass is 10.1. The van der Waals surface area contributed by atoms with E-state index in [9.17, 15) is 9.00 Å². The van der Waals surface area contributed by atoms with Crippen LogP contribution < -0.4 is 0 Å². The van der Waals surface area contributed by atoms with Gasteiger partial charge in [-0.05, 0) is 57.9 Å². The first-order valence-corrected chi connectivity index (χ1v) is 11.4. The van der Waals surface area contributed by atoms with Crippen molar-refractivity contribution in [1.29, 1.82) is 0 Å². The number of ether oxygens (including phenoxy) is 1. The van der Waals surface area contributed by atoms with E-state index in [0.717, 1.165) is 5.69 Å². The lowest BCUT2D eigenvalue weighted by Crippen LogP contribution is -2.03. The molecule has 2 aromatic heterocycles. The Morgan fingerprint density at radius 1 is 1.09 bits per heavy atom. The largest absolute Gasteiger partial charge is 0.465 e. The van der Waals surface area contributed by atoms with Gasteiger partial charge in [0.15, 0.2) is 16.2 Å². The monoisotopic (exact) mass is 479 g/mol. The van der Waals surface area contributed by atoms with Gasteiger partial charge >= 0.3 is 5.97 Å². The second kappa shape index (κ2) is 13.8. The fourth-order valence-electron chi connectivity index (χ4n) is 2.38. The first-order valence-electron chi connectivity index (χ1n) is 9.90. The molecule has 3 rings (SSSR count). The van der Waals surface area contributed by atoms with Crippen molar-refractivity contribution < 1.29 is 17.9 Å². The summed E-state index contributed by atoms with van der Waals surface area (Å²) < 4.78 is 22.3. The van der Waals surface area contributed by atoms with Gasteiger partial charge in [-0.3, -0.25) is 13.8 Å². The quantitative estimate of drug-likeness (QED) is 0.494. The molecule has 0 aliphatic carbocycles. The number of aryl methyl sites for hydroxylation is 4. The van der Waals surface area contributed by atoms with Crippen LogP contribution in [0.4, 0.5) is 0 Å². The van der Waals surface area contributed by atoms with Crippen molar-refractivity contribution in [2.45, 2.75) is 39.5 Å². The van der Waals surface area contributed by atoms with Crippen LogP contribution in [0.5, 0.6) is 0 Å². The van der Waals surface area contributed by atoms with E-state index in [0.29, 0.717) is 22.8 Å². The van der Waals surface area contributed by atoms with Gasteiger partial charge in [0, 0.05) is 13.2 Å². The van der Waals surface area contributed by atoms with Crippen LogP contribution in [0, 0.1) is 27.7 Å². The first kappa shape index (κ1) is 27.5. The smallest absolute Gasteiger partial charge is 0.342 e. The molecular weight excluding hydrogens is 450 g/mol. The highest BCUT2D eigenvalue weighted by atomic mass is 35.5. The zero-order valence-electron chi connectivity index (χ0n) is 19.5. The average Bonchev–Trinajstić information content (AvgIpc) is 3.02. The summed E-state index contributed by atoms with van der Waals surface area (Å²) in [6, 6.07) is 11.9. The zero-order chi connectivity index (χ0) is 24.3. The van der Waals surface area contributed by atoms with Crippen molar-refractivity contribution in [1.82, 2.24) is 14.8 Å². The summed E-state index contributed by atoms with van der Waals surface area (Å²) in [5.41, 5.74) is 4.53. The lowest BCUT2D eigenvalue weighted by Gasteiger charge is -2.02. The minimum Gasteiger partial charge on any atom is -0.465 e. The molecule has 0 aliphatic rings. The van der Waals surface area contributed by atoms with Gasteiger partial charge in [-0.15, -0.1) is 0 Å². The summed E-state index contributed by atoms with van der Waals surface area (Å²) in [4.78, 5) is 15.8. The molecule has 3 aromatic rings. The number of halogens is 1. The molecule has 0 bridgehead atoms. The van der Waals surface area contributed by atoms with Crippen LogP contribution in [-0.4, -0.2) is 38.7 Å². The Labute approximate surface area is 197 Å². The highest BCUT2D eigenvalue weighted by Crippen LogP contribution is 2.18. The molecule has 0 radical (unpaired) electrons. The molecule has 0 aliphatic heterocycles. The highest BCUT2D eigenvalue weighted by molar-refractivity contribution is 7.80. The minimum absolute atomic E-state index is 0.182. The number of rotatable bonds is 4. The fraction of sp³-hybridized carbons (Fsp3) is 0.348. The van der Waals surface area contributed by atoms with Crippen LogP contribution in [0.2, 0.25) is 5.15 Å². The SMILES string of the molecule is CCOS(=O)c1cccnc1C.COC(=O)c1c(Cl)nn(C)c1C.Cc1ccccc1C. The topological polar surface area (TPSA) is 83.3 Å². The van der Waals surface area contributed by atoms with E-state index in [1.807, 2.05) is 13.8 Å². The van der Waals surface area contributed by atoms with Crippen LogP contribution in [-0.2, 0) is 27.0 Å². The van der Waals surface area contributed by atoms with Crippen molar-refractivity contribution in [3.63, 3.8) is 0 Å². The lowest BCUT2D eigenvalue weighted by molar-refractivity contribution is 0.0600. The normalized spacial score (nSPS) is 10.9. The van der Waals surface area contributed by atoms with Gasteiger partial charge in [-0.25, -0.2) is 9.00 Å². The number of hydrogen-bond donors (Lipinski definition) is 0. The van der Waals surface area contributed by atoms with E-state index >= 15 is 0 Å². The third-order valence-electron chi connectivity index (χ3n) is 4.47. The van der Waals surface area contributed by atoms with Gasteiger partial charge in [0.2, 0.25) is 0 Å². The van der Waals surface area contributed by atoms with E-state index in [2.05, 4.69) is 52.9 Å². The standard InChI is InChI=1S/C8H11NO2S.C8H10.C7H9ClN2O2/c1-3-11-12(10)8-5-4-6-9-7(8)2;1-7-5-3-4-6-8(7)2;1-4-5(7(11)12-3)6(8)9-10(4)2/h4-6H,3H2,1-2H3;3-6H,1-2H3;1-3H3. The van der Waals surface area contributed by atoms with E-state index < -0.39 is 17.0 Å². The Morgan fingerprint density at radius 3 is 2.09 bits per heavy atom. The summed E-state index contributed by atoms with van der Waals surface area (Å²) in [5.74, 6) is -0.453. The van der Waals surface area contributed by atoms with Crippen LogP contribution >= 0.6 is 11.6 Å². The maximum absolute atomic E-state index is 11.3. The minimum atomic E-state index is -1.36. The summed E-state index contributed by atoms with van der Waals surface area (Å²) in [7, 11) is 3.03. The molecule has 7 nitrogen and oxygen atoms in total. The number of carbonyl (C=O) groups is 1. The fourth-order valence-corrected chi connectivity index (χ4v) is 3.53. The van der Waals surface area contributed by atoms with Gasteiger partial charge in [0.05, 0.1) is 30.0 Å². The van der Waals surface area contributed by atoms with Gasteiger partial charge in [-0.2, -0.15) is 5.10 Å². The number of pyridine rings is 1. The van der Waals surface area contributed by atoms with Gasteiger partial charge in [0.1, 0.15) is 5.56 Å². The number of hydrogen-bond acceptors (Lipinski definition) is 6. The third-order valence-corrected chi connectivity index (χ3v) is 5.97. The molecule has 174 valence electrons. The molecule has 32 heavy (non-hydrogen) atoms. The number of methoxy groups -OCH3 is 1. The molecule has 0 amide bonds. The molecule has 2 heterocycles. The highest BCUT2D eigenvalue weighted by Gasteiger charge is 2.18. The Hall–Kier alpha value is -2.55. The summed E-state index contributed by atoms with van der Waals surface area (Å²) in [6.07, 6.45) is 1.67. The van der Waals surface area contributed by atoms with Crippen LogP contribution in [0.25, 0.3) is 0 Å². The zero-order valence-corrected chi connectivity index (χ0v) is 21.1. The molecule has 0 fully saturated rings. The predicted molar refractivity (Wildman–Crippen MR) is 127 cm³/mol. The van der Waals surface area contributed by atoms with Crippen LogP contribution in [0.1, 0.15) is 39.8 Å². The van der Waals surface area contributed by atoms with Crippen molar-refractivity contribution >= 4 is 28.7 Å². The molecule has 0 N–H and O–H groups in total. The number of nitrogens with zero attached hydrogens (tertiary/aromatic N) is 3. The first-order chi connectivity index (χ1) is 15.1. The molecule has 1 unspecified atom stereocenters. The second-order valence-corrected chi connectivity index (χ2v) is 8.18. The average molecular weight is 480 g/mol. The van der Waals surface area contributed by atoms with Crippen molar-refractivity contribution in [2.75, 3.05) is 13.7 Å². The van der Waals surface area contributed by atoms with Gasteiger partial charge in [0.25, 0.3) is 0 Å². The Morgan fingerprint density at radius 2 is 1.69 bits per heavy atom. The maximum Gasteiger partial charge on any atom is 0.342 e. The molecular formula is C23H30ClN3O4S. The van der Waals surface area contributed by atoms with Crippen molar-refractivity contribution in [3.05, 3.63) is 75.8 Å². The molecule has 0 saturated carbocycles. The van der Waals surface area contributed by atoms with Crippen LogP contribution in [0.15, 0.2) is 47.5 Å². The Kier molecular flexibility index (Phi) is 11.8. The van der Waals surface area contributed by atoms with E-state index in [4.69, 9.17) is 15.8 Å². The molecule has 1 aromatic carbocycles. The molecule has 9 heteroatoms. The van der Waals surface area contributed by atoms with E-state index in [1.165, 1.54) is 22.9 Å². The number of benzene rings is 1. The number of carbonyl (C=O) groups excluding carboxylic acids is 1. The summed E-state index contributed by atoms with van der Waals surface area (Å²) in [5, 5.41) is 4.04. The molecule has 1 atom stereocenters. The number of aromatic nitrogens is 3. The van der Waals surface area contributed by atoms with E-state index in [1.54, 1.807) is 32.3 Å².